The molecule has 1 aliphatic rings. The first-order valence-electron chi connectivity index (χ1n) is 8.85. The lowest BCUT2D eigenvalue weighted by atomic mass is 9.93. The van der Waals surface area contributed by atoms with E-state index in [1.807, 2.05) is 13.8 Å². The number of aromatic amines is 1. The van der Waals surface area contributed by atoms with E-state index >= 15 is 0 Å². The lowest BCUT2D eigenvalue weighted by molar-refractivity contribution is -0.114. The second-order valence-electron chi connectivity index (χ2n) is 6.59. The van der Waals surface area contributed by atoms with E-state index in [0.29, 0.717) is 11.1 Å². The zero-order chi connectivity index (χ0) is 21.3. The number of benzene rings is 1. The van der Waals surface area contributed by atoms with Crippen LogP contribution in [-0.2, 0) is 11.8 Å². The molecule has 0 saturated heterocycles. The second kappa shape index (κ2) is 8.34. The number of carbonyl (C=O) groups is 1. The highest BCUT2D eigenvalue weighted by Crippen LogP contribution is 2.37. The number of ether oxygens (including phenoxy) is 1. The molecule has 0 spiro atoms. The largest absolute Gasteiger partial charge is 0.436 e. The average molecular weight is 437 g/mol. The van der Waals surface area contributed by atoms with Gasteiger partial charge in [-0.2, -0.15) is 5.10 Å². The molecule has 152 valence electrons. The Bertz CT molecular complexity index is 1140. The van der Waals surface area contributed by atoms with Crippen LogP contribution in [0.25, 0.3) is 11.3 Å². The van der Waals surface area contributed by atoms with Crippen LogP contribution in [0.3, 0.4) is 0 Å². The van der Waals surface area contributed by atoms with E-state index in [1.54, 1.807) is 6.08 Å². The minimum atomic E-state index is -0.662. The molecule has 0 radical (unpaired) electrons. The molecular formula is C19H18Cl2N4O4. The van der Waals surface area contributed by atoms with Gasteiger partial charge in [-0.25, -0.2) is 14.5 Å². The molecule has 0 aliphatic carbocycles. The van der Waals surface area contributed by atoms with Gasteiger partial charge < -0.3 is 4.74 Å². The topological polar surface area (TPSA) is 106 Å². The summed E-state index contributed by atoms with van der Waals surface area (Å²) in [5.74, 6) is 0.410. The predicted octanol–water partition coefficient (Wildman–Crippen LogP) is 2.77. The van der Waals surface area contributed by atoms with Crippen molar-refractivity contribution >= 4 is 34.9 Å². The number of halogens is 2. The van der Waals surface area contributed by atoms with Gasteiger partial charge in [0.05, 0.1) is 10.0 Å². The number of H-pyrrole nitrogens is 1. The fourth-order valence-corrected chi connectivity index (χ4v) is 3.33. The summed E-state index contributed by atoms with van der Waals surface area (Å²) in [6, 6.07) is 2.91. The Morgan fingerprint density at radius 2 is 1.90 bits per heavy atom. The smallest absolute Gasteiger partial charge is 0.344 e. The Morgan fingerprint density at radius 1 is 1.24 bits per heavy atom. The molecule has 1 atom stereocenters. The fourth-order valence-electron chi connectivity index (χ4n) is 2.76. The molecule has 3 rings (SSSR count). The Morgan fingerprint density at radius 3 is 2.52 bits per heavy atom. The van der Waals surface area contributed by atoms with Gasteiger partial charge in [0.2, 0.25) is 5.90 Å². The number of hydrogen-bond donors (Lipinski definition) is 1. The van der Waals surface area contributed by atoms with E-state index in [1.165, 1.54) is 19.2 Å². The molecule has 2 aromatic rings. The highest BCUT2D eigenvalue weighted by atomic mass is 35.5. The number of aliphatic imine (C=N–C) groups is 1. The third-order valence-corrected chi connectivity index (χ3v) is 5.14. The molecule has 1 unspecified atom stereocenters. The molecule has 1 aromatic heterocycles. The van der Waals surface area contributed by atoms with Crippen molar-refractivity contribution in [3.8, 4) is 17.0 Å². The van der Waals surface area contributed by atoms with Crippen LogP contribution in [0.1, 0.15) is 20.3 Å². The van der Waals surface area contributed by atoms with Crippen LogP contribution in [0.5, 0.6) is 5.75 Å². The van der Waals surface area contributed by atoms with Crippen LogP contribution in [0.4, 0.5) is 0 Å². The van der Waals surface area contributed by atoms with E-state index in [0.717, 1.165) is 11.1 Å². The third kappa shape index (κ3) is 4.33. The standard InChI is InChI=1S/C19H18Cl2N4O4/c1-4-9(2)11-7-15(22-8-14(11)26)29-17-12(20)5-10(6-13(17)21)16-18(27)23-19(28)25(3)24-16/h5-7,9H,4,8H2,1-3H3,(H,23,27,28). The number of carbonyl (C=O) groups excluding carboxylic acids is 1. The van der Waals surface area contributed by atoms with Gasteiger partial charge in [-0.1, -0.05) is 37.0 Å². The number of rotatable bonds is 4. The van der Waals surface area contributed by atoms with Crippen molar-refractivity contribution in [1.82, 2.24) is 14.8 Å². The van der Waals surface area contributed by atoms with Gasteiger partial charge in [0.25, 0.3) is 5.56 Å². The summed E-state index contributed by atoms with van der Waals surface area (Å²) < 4.78 is 6.75. The maximum absolute atomic E-state index is 12.1. The second-order valence-corrected chi connectivity index (χ2v) is 7.40. The number of Topliss-reactive ketones (excluding diaryl/α,β-unsaturated/α-hetero) is 1. The molecule has 29 heavy (non-hydrogen) atoms. The van der Waals surface area contributed by atoms with E-state index in [-0.39, 0.29) is 45.6 Å². The minimum Gasteiger partial charge on any atom is -0.436 e. The van der Waals surface area contributed by atoms with Gasteiger partial charge in [0.1, 0.15) is 6.54 Å². The quantitative estimate of drug-likeness (QED) is 0.792. The summed E-state index contributed by atoms with van der Waals surface area (Å²) in [6.07, 6.45) is 2.40. The first-order valence-corrected chi connectivity index (χ1v) is 9.61. The van der Waals surface area contributed by atoms with Crippen molar-refractivity contribution in [2.24, 2.45) is 18.0 Å². The van der Waals surface area contributed by atoms with E-state index in [2.05, 4.69) is 15.1 Å². The fraction of sp³-hybridized carbons (Fsp3) is 0.316. The van der Waals surface area contributed by atoms with Crippen LogP contribution in [-0.4, -0.2) is 33.0 Å². The lowest BCUT2D eigenvalue weighted by Crippen LogP contribution is -2.31. The van der Waals surface area contributed by atoms with E-state index in [4.69, 9.17) is 27.9 Å². The number of nitrogens with zero attached hydrogens (tertiary/aromatic N) is 3. The van der Waals surface area contributed by atoms with Crippen LogP contribution in [0.2, 0.25) is 10.0 Å². The normalized spacial score (nSPS) is 15.0. The summed E-state index contributed by atoms with van der Waals surface area (Å²) in [5, 5.41) is 4.20. The molecule has 0 fully saturated rings. The van der Waals surface area contributed by atoms with Gasteiger partial charge in [-0.3, -0.25) is 14.6 Å². The van der Waals surface area contributed by atoms with Crippen molar-refractivity contribution in [3.05, 3.63) is 54.7 Å². The summed E-state index contributed by atoms with van der Waals surface area (Å²) >= 11 is 12.6. The molecule has 1 aromatic carbocycles. The van der Waals surface area contributed by atoms with Crippen molar-refractivity contribution in [1.29, 1.82) is 0 Å². The number of nitrogens with one attached hydrogen (secondary N) is 1. The summed E-state index contributed by atoms with van der Waals surface area (Å²) in [6.45, 7) is 3.95. The molecule has 0 saturated carbocycles. The summed E-state index contributed by atoms with van der Waals surface area (Å²) in [7, 11) is 1.41. The predicted molar refractivity (Wildman–Crippen MR) is 111 cm³/mol. The van der Waals surface area contributed by atoms with Gasteiger partial charge in [0.15, 0.2) is 17.2 Å². The summed E-state index contributed by atoms with van der Waals surface area (Å²) in [4.78, 5) is 41.9. The van der Waals surface area contributed by atoms with Crippen LogP contribution < -0.4 is 16.0 Å². The number of dihydropyridines is 1. The number of ketones is 1. The van der Waals surface area contributed by atoms with Crippen molar-refractivity contribution in [3.63, 3.8) is 0 Å². The van der Waals surface area contributed by atoms with Crippen molar-refractivity contribution in [2.45, 2.75) is 20.3 Å². The molecule has 2 heterocycles. The SMILES string of the molecule is CCC(C)C1=CC(Oc2c(Cl)cc(-c3nn(C)c(=O)[nH]c3=O)cc2Cl)=NCC1=O. The summed E-state index contributed by atoms with van der Waals surface area (Å²) in [5.41, 5.74) is -0.347. The first kappa shape index (κ1) is 21.0. The molecule has 0 amide bonds. The average Bonchev–Trinajstić information content (AvgIpc) is 2.68. The molecular weight excluding hydrogens is 419 g/mol. The monoisotopic (exact) mass is 436 g/mol. The number of hydrogen-bond acceptors (Lipinski definition) is 6. The zero-order valence-electron chi connectivity index (χ0n) is 16.0. The van der Waals surface area contributed by atoms with Gasteiger partial charge in [0, 0.05) is 24.3 Å². The zero-order valence-corrected chi connectivity index (χ0v) is 17.5. The first-order chi connectivity index (χ1) is 13.7. The van der Waals surface area contributed by atoms with Gasteiger partial charge in [-0.05, 0) is 24.5 Å². The van der Waals surface area contributed by atoms with Crippen molar-refractivity contribution < 1.29 is 9.53 Å². The molecule has 1 N–H and O–H groups in total. The van der Waals surface area contributed by atoms with Crippen LogP contribution in [0, 0.1) is 5.92 Å². The highest BCUT2D eigenvalue weighted by molar-refractivity contribution is 6.38. The maximum Gasteiger partial charge on any atom is 0.344 e. The van der Waals surface area contributed by atoms with E-state index < -0.39 is 11.2 Å². The Labute approximate surface area is 175 Å². The minimum absolute atomic E-state index is 0.00380. The Balaban J connectivity index is 1.96. The van der Waals surface area contributed by atoms with Crippen LogP contribution >= 0.6 is 23.2 Å². The van der Waals surface area contributed by atoms with Gasteiger partial charge in [-0.15, -0.1) is 0 Å². The number of aromatic nitrogens is 3. The van der Waals surface area contributed by atoms with E-state index in [9.17, 15) is 14.4 Å². The van der Waals surface area contributed by atoms with Crippen molar-refractivity contribution in [2.75, 3.05) is 6.54 Å². The molecule has 8 nitrogen and oxygen atoms in total. The number of aryl methyl sites for hydroxylation is 1. The Kier molecular flexibility index (Phi) is 6.04. The molecule has 10 heteroatoms. The molecule has 1 aliphatic heterocycles. The highest BCUT2D eigenvalue weighted by Gasteiger charge is 2.22. The third-order valence-electron chi connectivity index (χ3n) is 4.58. The van der Waals surface area contributed by atoms with Gasteiger partial charge >= 0.3 is 5.69 Å². The maximum atomic E-state index is 12.1. The Hall–Kier alpha value is -2.71. The lowest BCUT2D eigenvalue weighted by Gasteiger charge is -2.18. The molecule has 0 bridgehead atoms. The van der Waals surface area contributed by atoms with Crippen LogP contribution in [0.15, 0.2) is 38.4 Å².